The van der Waals surface area contributed by atoms with Crippen LogP contribution in [0.25, 0.3) is 0 Å². The molecule has 8 aliphatic carbocycles. The molecule has 16 rings (SSSR count). The molecule has 16 fully saturated rings. The predicted octanol–water partition coefficient (Wildman–Crippen LogP) is 11.5. The molecule has 0 bridgehead atoms. The number of primary amides is 1. The number of likely N-dealkylation sites (tertiary alicyclic amines) is 7. The smallest absolute Gasteiger partial charge is 0.326 e. The Labute approximate surface area is 808 Å². The van der Waals surface area contributed by atoms with Gasteiger partial charge in [-0.05, 0) is 404 Å². The van der Waals surface area contributed by atoms with Crippen LogP contribution in [-0.2, 0) is 43.2 Å². The van der Waals surface area contributed by atoms with Crippen molar-refractivity contribution in [3.63, 3.8) is 0 Å². The van der Waals surface area contributed by atoms with Crippen LogP contribution >= 0.6 is 52.9 Å². The number of nitrogens with one attached hydrogen (secondary N) is 3. The quantitative estimate of drug-likeness (QED) is 0.0548. The highest BCUT2D eigenvalue weighted by Crippen LogP contribution is 2.54. The number of nitriles is 2. The number of aliphatic carboxylic acids is 2. The maximum atomic E-state index is 12.8. The van der Waals surface area contributed by atoms with Gasteiger partial charge in [-0.3, -0.25) is 66.6 Å². The van der Waals surface area contributed by atoms with E-state index in [2.05, 4.69) is 104 Å². The number of hydrogen-bond acceptors (Lipinski definition) is 20. The molecule has 29 nitrogen and oxygen atoms in total. The average Bonchev–Trinajstić information content (AvgIpc) is 1.78. The van der Waals surface area contributed by atoms with Gasteiger partial charge in [0, 0.05) is 76.8 Å². The third-order valence-electron chi connectivity index (χ3n) is 33.4. The Kier molecular flexibility index (Phi) is 41.8. The van der Waals surface area contributed by atoms with E-state index in [0.717, 1.165) is 124 Å². The molecule has 0 aromatic rings. The fourth-order valence-corrected chi connectivity index (χ4v) is 24.1. The van der Waals surface area contributed by atoms with Gasteiger partial charge in [-0.15, -0.1) is 9.24 Å². The number of carboxylic acids is 2. The molecule has 8 saturated carbocycles. The van der Waals surface area contributed by atoms with Crippen molar-refractivity contribution in [1.29, 1.82) is 10.5 Å². The van der Waals surface area contributed by atoms with Crippen LogP contribution in [0.1, 0.15) is 228 Å². The first-order chi connectivity index (χ1) is 61.0. The van der Waals surface area contributed by atoms with Gasteiger partial charge >= 0.3 is 11.9 Å². The van der Waals surface area contributed by atoms with E-state index >= 15 is 0 Å². The Bertz CT molecular complexity index is 3930. The topological polar surface area (TPSA) is 343 Å². The number of nitrogens with two attached hydrogens (primary N) is 1. The lowest BCUT2D eigenvalue weighted by Gasteiger charge is -2.42. The Morgan fingerprint density at radius 3 is 1.07 bits per heavy atom. The zero-order valence-corrected chi connectivity index (χ0v) is 91.8. The largest absolute Gasteiger partial charge is 0.480 e. The van der Waals surface area contributed by atoms with Crippen LogP contribution < -0.4 is 21.7 Å². The van der Waals surface area contributed by atoms with Gasteiger partial charge in [-0.25, -0.2) is 4.79 Å². The third kappa shape index (κ3) is 29.3. The van der Waals surface area contributed by atoms with Crippen LogP contribution in [0.4, 0.5) is 0 Å². The first-order valence-electron chi connectivity index (χ1n) is 49.0. The standard InChI is InChI=1S/C13H24N3O2P.C13H22N3OP.C13H23N2O3P.C13H25N2OP.C12H19N3O.C11H20N2O.C8H16NP.C7H13N.C6H14NO2P.CH4/c1-13(2,15(3)19-4)12(18)16-7-9-5-8(9)6-10(16)11(14)17;1-13(2,15(3)18-4)12(17)16-8-10-5-9(10)6-11(16)7-14;1-13(2,14(3)19-4)12(18)15-7-9-5-8(9)6-10(15)11(16)17;1-9-6-10-7-11(10)8-15(9)12(16)13(2,3)14(4)17-5;1-12(2,14-3)11(16)15-7-9-4-8(9)5-10(15)6-13;1-11(2,12-3)10(14)13-5-4-8-6-9(8)7-13;1-6-2-7-3-8(7)4-9(6)5-10;1-5-2-6-3-7(6)4-8-5;1-6(2,5(8)9)7(3)10-4;/h8-10,19H,5-7H2,1-4H3,(H2,14,17);9-11,18H,5-6,8H2,1-4H3;8-10,19H,5-7H2,1-4H3,(H,16,17);9-11,17H,6-8H2,1-5H3;8-10,14H,4-5,7H2,1-3H3;8-9,12H,4-7H2,1-3H3;6-8H,2-5,10H2,1H3;5-8H,2-4H2,1H3;10H,1-4H3,(H,8,9);1H4. The lowest BCUT2D eigenvalue weighted by Crippen LogP contribution is -2.59. The van der Waals surface area contributed by atoms with Crippen molar-refractivity contribution >= 4 is 106 Å². The fourth-order valence-electron chi connectivity index (χ4n) is 20.4. The minimum Gasteiger partial charge on any atom is -0.480 e. The molecule has 29 atom stereocenters. The summed E-state index contributed by atoms with van der Waals surface area (Å²) in [7, 11) is 19.0. The highest BCUT2D eigenvalue weighted by molar-refractivity contribution is 7.35. The molecular weight excluding hydrogens is 1780 g/mol. The van der Waals surface area contributed by atoms with E-state index in [-0.39, 0.29) is 60.5 Å². The molecule has 16 aliphatic rings. The molecule has 7 amide bonds. The summed E-state index contributed by atoms with van der Waals surface area (Å²) in [6, 6.07) is 5.18. The highest BCUT2D eigenvalue weighted by atomic mass is 31.1. The van der Waals surface area contributed by atoms with Gasteiger partial charge in [-0.2, -0.15) is 10.5 Å². The fraction of sp³-hybridized carbons (Fsp3) is 0.887. The summed E-state index contributed by atoms with van der Waals surface area (Å²) in [5, 5.41) is 46.0. The van der Waals surface area contributed by atoms with Gasteiger partial charge in [0.1, 0.15) is 29.7 Å². The maximum absolute atomic E-state index is 12.8. The summed E-state index contributed by atoms with van der Waals surface area (Å²) in [6.45, 7) is 52.2. The highest BCUT2D eigenvalue weighted by Gasteiger charge is 2.57. The molecule has 8 saturated heterocycles. The van der Waals surface area contributed by atoms with Crippen LogP contribution in [-0.4, -0.2) is 350 Å². The van der Waals surface area contributed by atoms with Gasteiger partial charge in [0.2, 0.25) is 41.4 Å². The summed E-state index contributed by atoms with van der Waals surface area (Å²) in [4.78, 5) is 123. The predicted molar refractivity (Wildman–Crippen MR) is 547 cm³/mol. The molecular formula is C97H180N18O11P6. The Morgan fingerprint density at radius 1 is 0.402 bits per heavy atom. The molecule has 0 radical (unpaired) electrons. The number of carboxylic acid groups (broad SMARTS) is 2. The molecule has 754 valence electrons. The van der Waals surface area contributed by atoms with Gasteiger partial charge in [-0.1, -0.05) is 51.1 Å². The van der Waals surface area contributed by atoms with E-state index < -0.39 is 57.3 Å². The normalized spacial score (nSPS) is 32.5. The number of rotatable bonds is 22. The van der Waals surface area contributed by atoms with E-state index in [1.165, 1.54) is 83.6 Å². The van der Waals surface area contributed by atoms with Crippen molar-refractivity contribution in [1.82, 2.24) is 73.6 Å². The first kappa shape index (κ1) is 115. The zero-order valence-electron chi connectivity index (χ0n) is 85.6. The van der Waals surface area contributed by atoms with Crippen molar-refractivity contribution in [3.8, 4) is 12.1 Å². The maximum Gasteiger partial charge on any atom is 0.326 e. The van der Waals surface area contributed by atoms with Crippen LogP contribution in [0.2, 0.25) is 0 Å². The van der Waals surface area contributed by atoms with E-state index in [4.69, 9.17) is 16.1 Å². The van der Waals surface area contributed by atoms with Crippen molar-refractivity contribution in [3.05, 3.63) is 0 Å². The second kappa shape index (κ2) is 47.8. The van der Waals surface area contributed by atoms with E-state index in [1.807, 2.05) is 155 Å². The minimum atomic E-state index is -0.865. The molecule has 35 heteroatoms. The summed E-state index contributed by atoms with van der Waals surface area (Å²) in [5.41, 5.74) is 1.70. The van der Waals surface area contributed by atoms with Crippen molar-refractivity contribution in [2.24, 2.45) is 100 Å². The lowest BCUT2D eigenvalue weighted by molar-refractivity contribution is -0.156. The van der Waals surface area contributed by atoms with Gasteiger partial charge in [0.05, 0.1) is 45.4 Å². The molecule has 132 heavy (non-hydrogen) atoms. The summed E-state index contributed by atoms with van der Waals surface area (Å²) in [5.74, 6) is 11.5. The number of hydrogen-bond donors (Lipinski definition) is 6. The first-order valence-corrected chi connectivity index (χ1v) is 57.1. The van der Waals surface area contributed by atoms with Crippen LogP contribution in [0.15, 0.2) is 0 Å². The van der Waals surface area contributed by atoms with Gasteiger partial charge in [0.15, 0.2) is 0 Å². The number of amides is 7. The molecule has 0 aromatic heterocycles. The van der Waals surface area contributed by atoms with E-state index in [1.54, 1.807) is 35.6 Å². The Morgan fingerprint density at radius 2 is 0.712 bits per heavy atom. The van der Waals surface area contributed by atoms with Crippen LogP contribution in [0.3, 0.4) is 0 Å². The van der Waals surface area contributed by atoms with E-state index in [9.17, 15) is 53.5 Å². The molecule has 0 spiro atoms. The average molecular weight is 1960 g/mol. The Hall–Kier alpha value is -3.57. The molecule has 8 aliphatic heterocycles. The van der Waals surface area contributed by atoms with Crippen molar-refractivity contribution in [2.45, 2.75) is 309 Å². The summed E-state index contributed by atoms with van der Waals surface area (Å²) < 4.78 is 10.1. The monoisotopic (exact) mass is 1960 g/mol. The summed E-state index contributed by atoms with van der Waals surface area (Å²) >= 11 is 0. The second-order valence-electron chi connectivity index (χ2n) is 44.8. The van der Waals surface area contributed by atoms with Crippen molar-refractivity contribution < 1.29 is 53.4 Å². The number of carbonyl (C=O) groups is 9. The molecule has 8 heterocycles. The van der Waals surface area contributed by atoms with Crippen LogP contribution in [0, 0.1) is 117 Å². The van der Waals surface area contributed by atoms with Crippen LogP contribution in [0.5, 0.6) is 0 Å². The molecule has 0 aromatic carbocycles. The number of piperidine rings is 8. The third-order valence-corrected chi connectivity index (χ3v) is 40.0. The molecule has 7 N–H and O–H groups in total. The number of fused-ring (bicyclic) bond motifs is 8. The van der Waals surface area contributed by atoms with E-state index in [0.29, 0.717) is 122 Å². The zero-order chi connectivity index (χ0) is 98.4. The van der Waals surface area contributed by atoms with Gasteiger partial charge in [0.25, 0.3) is 0 Å². The minimum absolute atomic E-state index is 0. The lowest BCUT2D eigenvalue weighted by atomic mass is 9.96. The molecule has 29 unspecified atom stereocenters. The Balaban J connectivity index is 0.000000205. The summed E-state index contributed by atoms with van der Waals surface area (Å²) in [6.07, 6.45) is 20.0. The number of nitrogens with zero attached hydrogens (tertiary/aromatic N) is 14. The second-order valence-corrected chi connectivity index (χ2v) is 50.8. The number of likely N-dealkylation sites (N-methyl/N-ethyl adjacent to an activating group) is 7. The number of carbonyl (C=O) groups excluding carboxylic acids is 7. The van der Waals surface area contributed by atoms with Crippen molar-refractivity contribution in [2.75, 3.05) is 148 Å². The SMILES string of the molecule is C.CC1CC2CC2CN1.CC1CC2CC2CN1CP.CNC(C)(C)C(=O)N1CC2CC2CC1C#N.CNC(C)(C)C(=O)N1CCC2CC2C1.CPN(C)C(C)(C)C(=O)N1CC2CC2CC1C.CPN(C)C(C)(C)C(=O)N1CC2CC2CC1C#N.CPN(C)C(C)(C)C(=O)N1CC2CC2CC1C(=O)O.CPN(C)C(C)(C)C(=O)N1CC2CC2CC1C(N)=O.CPN(C)C(C)(C)C(=O)O. The van der Waals surface area contributed by atoms with Gasteiger partial charge < -0.3 is 61.3 Å².